The second-order valence-corrected chi connectivity index (χ2v) is 13.3. The van der Waals surface area contributed by atoms with E-state index in [4.69, 9.17) is 4.74 Å². The van der Waals surface area contributed by atoms with E-state index < -0.39 is 16.1 Å². The molecule has 0 aromatic heterocycles. The number of methoxy groups -OCH3 is 1. The molecule has 1 aliphatic heterocycles. The van der Waals surface area contributed by atoms with Crippen molar-refractivity contribution in [2.45, 2.75) is 41.6 Å². The van der Waals surface area contributed by atoms with Crippen LogP contribution in [0.2, 0.25) is 0 Å². The zero-order chi connectivity index (χ0) is 26.7. The molecule has 1 atom stereocenters. The molecule has 1 unspecified atom stereocenters. The molecule has 1 saturated heterocycles. The Morgan fingerprint density at radius 1 is 0.974 bits per heavy atom. The van der Waals surface area contributed by atoms with Crippen molar-refractivity contribution in [2.24, 2.45) is 5.92 Å². The fraction of sp³-hybridized carbons (Fsp3) is 0.419. The highest BCUT2D eigenvalue weighted by Crippen LogP contribution is 2.60. The summed E-state index contributed by atoms with van der Waals surface area (Å²) in [6, 6.07) is 23.0. The number of likely N-dealkylation sites (tertiary alicyclic amines) is 1. The zero-order valence-corrected chi connectivity index (χ0v) is 23.1. The van der Waals surface area contributed by atoms with E-state index in [9.17, 15) is 13.5 Å². The lowest BCUT2D eigenvalue weighted by molar-refractivity contribution is 0.0520. The van der Waals surface area contributed by atoms with Crippen LogP contribution in [0, 0.1) is 5.92 Å². The van der Waals surface area contributed by atoms with E-state index in [1.54, 1.807) is 18.2 Å². The first-order chi connectivity index (χ1) is 18.3. The Morgan fingerprint density at radius 3 is 2.16 bits per heavy atom. The highest BCUT2D eigenvalue weighted by Gasteiger charge is 2.53. The van der Waals surface area contributed by atoms with E-state index in [1.165, 1.54) is 47.8 Å². The minimum absolute atomic E-state index is 0.0169. The first kappa shape index (κ1) is 25.6. The van der Waals surface area contributed by atoms with Crippen LogP contribution in [-0.2, 0) is 15.4 Å². The van der Waals surface area contributed by atoms with Crippen LogP contribution >= 0.6 is 0 Å². The number of aliphatic hydroxyl groups excluding tert-OH is 1. The van der Waals surface area contributed by atoms with E-state index in [0.717, 1.165) is 38.9 Å². The SMILES string of the molecule is COc1cccc(C(O)C2CCN(CC34CC(c5ccccc53)c3ccccc34)CC2)c1S(=O)(=O)N(C)C. The minimum Gasteiger partial charge on any atom is -0.495 e. The molecule has 7 heteroatoms. The lowest BCUT2D eigenvalue weighted by Gasteiger charge is -2.40. The summed E-state index contributed by atoms with van der Waals surface area (Å²) in [5.41, 5.74) is 6.34. The lowest BCUT2D eigenvalue weighted by atomic mass is 9.74. The number of fused-ring (bicyclic) bond motifs is 8. The standard InChI is InChI=1S/C31H36N2O4S/c1-32(2)38(35,36)30-24(11-8-14-28(30)37-3)29(34)21-15-17-33(18-16-21)20-31-19-25(22-9-4-6-12-26(22)31)23-10-5-7-13-27(23)31/h4-14,21,25,29,34H,15-20H2,1-3H3. The molecule has 0 radical (unpaired) electrons. The van der Waals surface area contributed by atoms with Crippen molar-refractivity contribution in [3.8, 4) is 5.75 Å². The number of rotatable bonds is 7. The molecule has 0 saturated carbocycles. The third-order valence-corrected chi connectivity index (χ3v) is 11.0. The average molecular weight is 533 g/mol. The molecule has 0 spiro atoms. The maximum absolute atomic E-state index is 13.2. The number of nitrogens with zero attached hydrogens (tertiary/aromatic N) is 2. The van der Waals surface area contributed by atoms with Gasteiger partial charge in [0.25, 0.3) is 0 Å². The van der Waals surface area contributed by atoms with Crippen molar-refractivity contribution >= 4 is 10.0 Å². The smallest absolute Gasteiger partial charge is 0.246 e. The van der Waals surface area contributed by atoms with Crippen molar-refractivity contribution in [2.75, 3.05) is 40.8 Å². The summed E-state index contributed by atoms with van der Waals surface area (Å²) < 4.78 is 32.9. The van der Waals surface area contributed by atoms with Crippen LogP contribution in [0.15, 0.2) is 71.6 Å². The minimum atomic E-state index is -3.79. The Morgan fingerprint density at radius 2 is 1.58 bits per heavy atom. The van der Waals surface area contributed by atoms with E-state index in [0.29, 0.717) is 11.5 Å². The van der Waals surface area contributed by atoms with Crippen molar-refractivity contribution < 1.29 is 18.3 Å². The lowest BCUT2D eigenvalue weighted by Crippen LogP contribution is -2.44. The monoisotopic (exact) mass is 532 g/mol. The molecule has 200 valence electrons. The van der Waals surface area contributed by atoms with Crippen LogP contribution in [0.5, 0.6) is 5.75 Å². The number of sulfonamides is 1. The fourth-order valence-corrected chi connectivity index (χ4v) is 8.51. The number of aliphatic hydroxyl groups is 1. The Kier molecular flexibility index (Phi) is 6.38. The Hall–Kier alpha value is -2.71. The number of hydrogen-bond acceptors (Lipinski definition) is 5. The van der Waals surface area contributed by atoms with Gasteiger partial charge in [-0.05, 0) is 66.6 Å². The second-order valence-electron chi connectivity index (χ2n) is 11.2. The van der Waals surface area contributed by atoms with Gasteiger partial charge in [-0.1, -0.05) is 60.7 Å². The van der Waals surface area contributed by atoms with Crippen LogP contribution in [0.3, 0.4) is 0 Å². The molecular formula is C31H36N2O4S. The molecule has 2 bridgehead atoms. The number of hydrogen-bond donors (Lipinski definition) is 1. The Balaban J connectivity index is 1.23. The quantitative estimate of drug-likeness (QED) is 0.484. The van der Waals surface area contributed by atoms with Gasteiger partial charge in [-0.3, -0.25) is 0 Å². The summed E-state index contributed by atoms with van der Waals surface area (Å²) in [7, 11) is 0.682. The second kappa shape index (κ2) is 9.49. The van der Waals surface area contributed by atoms with Gasteiger partial charge < -0.3 is 14.7 Å². The van der Waals surface area contributed by atoms with Crippen LogP contribution in [-0.4, -0.2) is 63.6 Å². The molecule has 3 aromatic carbocycles. The molecule has 6 nitrogen and oxygen atoms in total. The summed E-state index contributed by atoms with van der Waals surface area (Å²) in [5, 5.41) is 11.5. The van der Waals surface area contributed by atoms with Gasteiger partial charge in [0.1, 0.15) is 10.6 Å². The van der Waals surface area contributed by atoms with Crippen LogP contribution in [0.25, 0.3) is 0 Å². The van der Waals surface area contributed by atoms with Gasteiger partial charge >= 0.3 is 0 Å². The largest absolute Gasteiger partial charge is 0.495 e. The van der Waals surface area contributed by atoms with Crippen molar-refractivity contribution in [3.63, 3.8) is 0 Å². The molecule has 6 rings (SSSR count). The topological polar surface area (TPSA) is 70.1 Å². The molecule has 3 aromatic rings. The Labute approximate surface area is 225 Å². The van der Waals surface area contributed by atoms with Gasteiger partial charge in [-0.25, -0.2) is 12.7 Å². The molecule has 2 aliphatic carbocycles. The summed E-state index contributed by atoms with van der Waals surface area (Å²) in [5.74, 6) is 0.722. The molecule has 0 amide bonds. The molecular weight excluding hydrogens is 496 g/mol. The highest BCUT2D eigenvalue weighted by atomic mass is 32.2. The number of ether oxygens (including phenoxy) is 1. The average Bonchev–Trinajstić information content (AvgIpc) is 3.44. The Bertz CT molecular complexity index is 1410. The third-order valence-electron chi connectivity index (χ3n) is 9.12. The predicted molar refractivity (Wildman–Crippen MR) is 148 cm³/mol. The summed E-state index contributed by atoms with van der Waals surface area (Å²) in [6.45, 7) is 2.72. The maximum Gasteiger partial charge on any atom is 0.246 e. The fourth-order valence-electron chi connectivity index (χ4n) is 7.26. The molecule has 38 heavy (non-hydrogen) atoms. The summed E-state index contributed by atoms with van der Waals surface area (Å²) >= 11 is 0. The zero-order valence-electron chi connectivity index (χ0n) is 22.3. The normalized spacial score (nSPS) is 23.9. The molecule has 1 N–H and O–H groups in total. The van der Waals surface area contributed by atoms with Gasteiger partial charge in [0.15, 0.2) is 0 Å². The number of piperidine rings is 1. The van der Waals surface area contributed by atoms with Gasteiger partial charge in [0.2, 0.25) is 10.0 Å². The predicted octanol–water partition coefficient (Wildman–Crippen LogP) is 4.53. The summed E-state index contributed by atoms with van der Waals surface area (Å²) in [4.78, 5) is 2.62. The van der Waals surface area contributed by atoms with Crippen LogP contribution < -0.4 is 4.74 Å². The molecule has 3 aliphatic rings. The van der Waals surface area contributed by atoms with Gasteiger partial charge in [0, 0.05) is 37.5 Å². The molecule has 1 fully saturated rings. The highest BCUT2D eigenvalue weighted by molar-refractivity contribution is 7.89. The van der Waals surface area contributed by atoms with Gasteiger partial charge in [-0.15, -0.1) is 0 Å². The number of benzene rings is 3. The maximum atomic E-state index is 13.2. The van der Waals surface area contributed by atoms with Gasteiger partial charge in [0.05, 0.1) is 13.2 Å². The first-order valence-corrected chi connectivity index (χ1v) is 14.9. The van der Waals surface area contributed by atoms with E-state index in [-0.39, 0.29) is 22.0 Å². The van der Waals surface area contributed by atoms with Crippen molar-refractivity contribution in [1.82, 2.24) is 9.21 Å². The summed E-state index contributed by atoms with van der Waals surface area (Å²) in [6.07, 6.45) is 1.87. The first-order valence-electron chi connectivity index (χ1n) is 13.5. The molecule has 1 heterocycles. The van der Waals surface area contributed by atoms with Gasteiger partial charge in [-0.2, -0.15) is 0 Å². The third kappa shape index (κ3) is 3.82. The van der Waals surface area contributed by atoms with E-state index in [1.807, 2.05) is 0 Å². The van der Waals surface area contributed by atoms with Crippen molar-refractivity contribution in [3.05, 3.63) is 94.5 Å². The van der Waals surface area contributed by atoms with Crippen LogP contribution in [0.4, 0.5) is 0 Å². The van der Waals surface area contributed by atoms with E-state index in [2.05, 4.69) is 53.4 Å². The van der Waals surface area contributed by atoms with E-state index >= 15 is 0 Å². The van der Waals surface area contributed by atoms with Crippen molar-refractivity contribution in [1.29, 1.82) is 0 Å². The van der Waals surface area contributed by atoms with Crippen LogP contribution in [0.1, 0.15) is 59.1 Å².